The summed E-state index contributed by atoms with van der Waals surface area (Å²) in [5, 5.41) is 20.1. The highest BCUT2D eigenvalue weighted by molar-refractivity contribution is 6.12. The predicted molar refractivity (Wildman–Crippen MR) is 129 cm³/mol. The molecular formula is C25H23N7O. The van der Waals surface area contributed by atoms with Crippen molar-refractivity contribution in [2.75, 3.05) is 10.6 Å². The van der Waals surface area contributed by atoms with Crippen molar-refractivity contribution in [2.24, 2.45) is 0 Å². The van der Waals surface area contributed by atoms with Gasteiger partial charge < -0.3 is 15.6 Å². The molecule has 164 valence electrons. The zero-order chi connectivity index (χ0) is 22.9. The molecule has 0 spiro atoms. The maximum absolute atomic E-state index is 12.7. The van der Waals surface area contributed by atoms with Crippen molar-refractivity contribution in [3.8, 4) is 5.82 Å². The van der Waals surface area contributed by atoms with E-state index in [1.165, 1.54) is 0 Å². The Hall–Kier alpha value is -4.46. The number of anilines is 3. The first-order chi connectivity index (χ1) is 16.0. The number of aromatic nitrogens is 5. The smallest absolute Gasteiger partial charge is 0.257 e. The summed E-state index contributed by atoms with van der Waals surface area (Å²) in [5.41, 5.74) is 6.27. The number of amides is 1. The lowest BCUT2D eigenvalue weighted by molar-refractivity contribution is 0.102. The molecule has 8 heteroatoms. The number of carbonyl (C=O) groups excluding carboxylic acids is 1. The Morgan fingerprint density at radius 3 is 2.36 bits per heavy atom. The van der Waals surface area contributed by atoms with E-state index in [-0.39, 0.29) is 5.91 Å². The normalized spacial score (nSPS) is 11.0. The Balaban J connectivity index is 1.26. The lowest BCUT2D eigenvalue weighted by Gasteiger charge is -2.09. The first-order valence-corrected chi connectivity index (χ1v) is 10.6. The molecule has 3 N–H and O–H groups in total. The Bertz CT molecular complexity index is 1450. The maximum Gasteiger partial charge on any atom is 0.257 e. The van der Waals surface area contributed by atoms with Crippen LogP contribution in [-0.2, 0) is 0 Å². The molecule has 1 amide bonds. The average Bonchev–Trinajstić information content (AvgIpc) is 3.38. The van der Waals surface area contributed by atoms with Gasteiger partial charge >= 0.3 is 0 Å². The van der Waals surface area contributed by atoms with E-state index < -0.39 is 0 Å². The number of nitrogens with one attached hydrogen (secondary N) is 3. The molecule has 3 aromatic heterocycles. The van der Waals surface area contributed by atoms with Crippen molar-refractivity contribution in [1.82, 2.24) is 25.0 Å². The van der Waals surface area contributed by atoms with E-state index in [0.717, 1.165) is 33.5 Å². The van der Waals surface area contributed by atoms with Crippen molar-refractivity contribution >= 4 is 34.0 Å². The van der Waals surface area contributed by atoms with E-state index in [1.54, 1.807) is 10.9 Å². The first kappa shape index (κ1) is 20.4. The van der Waals surface area contributed by atoms with Crippen LogP contribution in [0.5, 0.6) is 0 Å². The van der Waals surface area contributed by atoms with Crippen molar-refractivity contribution in [1.29, 1.82) is 0 Å². The Kier molecular flexibility index (Phi) is 5.10. The number of rotatable bonds is 5. The van der Waals surface area contributed by atoms with Gasteiger partial charge in [0.1, 0.15) is 0 Å². The maximum atomic E-state index is 12.7. The van der Waals surface area contributed by atoms with Crippen LogP contribution >= 0.6 is 0 Å². The standard InChI is InChI=1S/C25H23N7O/c1-15-16(2)31-32(17(15)3)24-13-12-23(29-30-24)27-18-8-10-19(11-9-18)28-25(33)21-14-26-22-7-5-4-6-20(21)22/h4-14,26H,1-3H3,(H,27,29)(H,28,33). The van der Waals surface area contributed by atoms with Gasteiger partial charge in [0.05, 0.1) is 11.3 Å². The summed E-state index contributed by atoms with van der Waals surface area (Å²) in [4.78, 5) is 15.8. The summed E-state index contributed by atoms with van der Waals surface area (Å²) in [6.45, 7) is 6.04. The molecule has 2 aromatic carbocycles. The molecule has 0 radical (unpaired) electrons. The number of carbonyl (C=O) groups is 1. The van der Waals surface area contributed by atoms with E-state index in [0.29, 0.717) is 22.9 Å². The second kappa shape index (κ2) is 8.23. The monoisotopic (exact) mass is 437 g/mol. The van der Waals surface area contributed by atoms with Gasteiger partial charge in [-0.15, -0.1) is 10.2 Å². The number of hydrogen-bond donors (Lipinski definition) is 3. The largest absolute Gasteiger partial charge is 0.360 e. The minimum atomic E-state index is -0.158. The summed E-state index contributed by atoms with van der Waals surface area (Å²) in [6.07, 6.45) is 1.73. The zero-order valence-electron chi connectivity index (χ0n) is 18.5. The highest BCUT2D eigenvalue weighted by Gasteiger charge is 2.12. The number of aryl methyl sites for hydroxylation is 1. The van der Waals surface area contributed by atoms with Crippen LogP contribution in [0.3, 0.4) is 0 Å². The van der Waals surface area contributed by atoms with Gasteiger partial charge in [0, 0.05) is 34.2 Å². The van der Waals surface area contributed by atoms with Gasteiger partial charge in [0.15, 0.2) is 11.6 Å². The predicted octanol–water partition coefficient (Wildman–Crippen LogP) is 5.06. The van der Waals surface area contributed by atoms with Crippen molar-refractivity contribution in [3.05, 3.63) is 89.4 Å². The van der Waals surface area contributed by atoms with Crippen LogP contribution in [0.15, 0.2) is 66.9 Å². The van der Waals surface area contributed by atoms with Crippen LogP contribution in [-0.4, -0.2) is 30.9 Å². The van der Waals surface area contributed by atoms with Crippen LogP contribution in [0.1, 0.15) is 27.3 Å². The average molecular weight is 438 g/mol. The van der Waals surface area contributed by atoms with E-state index in [4.69, 9.17) is 0 Å². The number of nitrogens with zero attached hydrogens (tertiary/aromatic N) is 4. The fraction of sp³-hybridized carbons (Fsp3) is 0.120. The molecule has 0 aliphatic carbocycles. The van der Waals surface area contributed by atoms with E-state index in [2.05, 4.69) is 30.9 Å². The van der Waals surface area contributed by atoms with Gasteiger partial charge in [-0.3, -0.25) is 4.79 Å². The molecule has 8 nitrogen and oxygen atoms in total. The quantitative estimate of drug-likeness (QED) is 0.357. The second-order valence-corrected chi connectivity index (χ2v) is 7.89. The molecule has 0 unspecified atom stereocenters. The molecular weight excluding hydrogens is 414 g/mol. The van der Waals surface area contributed by atoms with Gasteiger partial charge in [-0.05, 0) is 68.8 Å². The zero-order valence-corrected chi connectivity index (χ0v) is 18.5. The Morgan fingerprint density at radius 2 is 1.67 bits per heavy atom. The number of fused-ring (bicyclic) bond motifs is 1. The van der Waals surface area contributed by atoms with E-state index in [1.807, 2.05) is 81.4 Å². The molecule has 0 fully saturated rings. The molecule has 0 atom stereocenters. The van der Waals surface area contributed by atoms with Gasteiger partial charge in [0.2, 0.25) is 0 Å². The summed E-state index contributed by atoms with van der Waals surface area (Å²) in [7, 11) is 0. The number of hydrogen-bond acceptors (Lipinski definition) is 5. The summed E-state index contributed by atoms with van der Waals surface area (Å²) >= 11 is 0. The van der Waals surface area contributed by atoms with Crippen LogP contribution in [0.2, 0.25) is 0 Å². The minimum Gasteiger partial charge on any atom is -0.360 e. The molecule has 0 aliphatic heterocycles. The first-order valence-electron chi connectivity index (χ1n) is 10.6. The minimum absolute atomic E-state index is 0.158. The third-order valence-electron chi connectivity index (χ3n) is 5.77. The number of para-hydroxylation sites is 1. The Morgan fingerprint density at radius 1 is 0.909 bits per heavy atom. The number of H-pyrrole nitrogens is 1. The SMILES string of the molecule is Cc1nn(-c2ccc(Nc3ccc(NC(=O)c4c[nH]c5ccccc45)cc3)nn2)c(C)c1C. The molecule has 5 rings (SSSR count). The lowest BCUT2D eigenvalue weighted by Crippen LogP contribution is -2.11. The van der Waals surface area contributed by atoms with Gasteiger partial charge in [-0.1, -0.05) is 18.2 Å². The highest BCUT2D eigenvalue weighted by Crippen LogP contribution is 2.22. The summed E-state index contributed by atoms with van der Waals surface area (Å²) in [6, 6.07) is 18.9. The molecule has 0 saturated carbocycles. The van der Waals surface area contributed by atoms with Gasteiger partial charge in [-0.25, -0.2) is 4.68 Å². The van der Waals surface area contributed by atoms with Crippen molar-refractivity contribution in [2.45, 2.75) is 20.8 Å². The number of benzene rings is 2. The second-order valence-electron chi connectivity index (χ2n) is 7.89. The molecule has 0 bridgehead atoms. The van der Waals surface area contributed by atoms with Crippen LogP contribution < -0.4 is 10.6 Å². The fourth-order valence-corrected chi connectivity index (χ4v) is 3.69. The van der Waals surface area contributed by atoms with Gasteiger partial charge in [-0.2, -0.15) is 5.10 Å². The van der Waals surface area contributed by atoms with E-state index in [9.17, 15) is 4.79 Å². The van der Waals surface area contributed by atoms with Crippen molar-refractivity contribution < 1.29 is 4.79 Å². The Labute approximate surface area is 190 Å². The van der Waals surface area contributed by atoms with E-state index >= 15 is 0 Å². The summed E-state index contributed by atoms with van der Waals surface area (Å²) < 4.78 is 1.80. The highest BCUT2D eigenvalue weighted by atomic mass is 16.1. The third-order valence-corrected chi connectivity index (χ3v) is 5.77. The van der Waals surface area contributed by atoms with Gasteiger partial charge in [0.25, 0.3) is 5.91 Å². The number of aromatic amines is 1. The lowest BCUT2D eigenvalue weighted by atomic mass is 10.1. The summed E-state index contributed by atoms with van der Waals surface area (Å²) in [5.74, 6) is 1.13. The molecule has 3 heterocycles. The van der Waals surface area contributed by atoms with Crippen LogP contribution in [0, 0.1) is 20.8 Å². The van der Waals surface area contributed by atoms with Crippen molar-refractivity contribution in [3.63, 3.8) is 0 Å². The topological polar surface area (TPSA) is 101 Å². The molecule has 33 heavy (non-hydrogen) atoms. The molecule has 0 saturated heterocycles. The fourth-order valence-electron chi connectivity index (χ4n) is 3.69. The molecule has 0 aliphatic rings. The van der Waals surface area contributed by atoms with Crippen LogP contribution in [0.25, 0.3) is 16.7 Å². The third kappa shape index (κ3) is 3.94. The van der Waals surface area contributed by atoms with Crippen LogP contribution in [0.4, 0.5) is 17.2 Å². The molecule has 5 aromatic rings.